The van der Waals surface area contributed by atoms with Gasteiger partial charge in [0.25, 0.3) is 0 Å². The standard InChI is InChI=1S/C17H28/c1-4-7-11-16(10-5-2)12-8-13-17(6-3)14-9-15-17/h4-5,10-11H,1,6-9,12-15H2,2-3H3/b10-5-,16-11+. The van der Waals surface area contributed by atoms with E-state index in [1.54, 1.807) is 0 Å². The lowest BCUT2D eigenvalue weighted by Crippen LogP contribution is -2.28. The van der Waals surface area contributed by atoms with E-state index in [4.69, 9.17) is 0 Å². The summed E-state index contributed by atoms with van der Waals surface area (Å²) in [5.74, 6) is 0. The molecule has 0 heterocycles. The number of hydrogen-bond donors (Lipinski definition) is 0. The van der Waals surface area contributed by atoms with E-state index in [2.05, 4.69) is 38.7 Å². The maximum Gasteiger partial charge on any atom is -0.0166 e. The summed E-state index contributed by atoms with van der Waals surface area (Å²) in [6, 6.07) is 0. The van der Waals surface area contributed by atoms with Crippen LogP contribution in [0.4, 0.5) is 0 Å². The molecule has 1 fully saturated rings. The summed E-state index contributed by atoms with van der Waals surface area (Å²) in [6.45, 7) is 8.24. The third-order valence-electron chi connectivity index (χ3n) is 4.26. The van der Waals surface area contributed by atoms with Gasteiger partial charge in [0.2, 0.25) is 0 Å². The van der Waals surface area contributed by atoms with Crippen molar-refractivity contribution in [2.45, 2.75) is 65.2 Å². The van der Waals surface area contributed by atoms with Gasteiger partial charge in [-0.05, 0) is 50.9 Å². The Morgan fingerprint density at radius 2 is 2.12 bits per heavy atom. The minimum Gasteiger partial charge on any atom is -0.103 e. The fourth-order valence-corrected chi connectivity index (χ4v) is 2.83. The Balaban J connectivity index is 2.33. The van der Waals surface area contributed by atoms with Crippen molar-refractivity contribution in [2.75, 3.05) is 0 Å². The first-order chi connectivity index (χ1) is 8.26. The molecule has 0 aromatic carbocycles. The van der Waals surface area contributed by atoms with Crippen molar-refractivity contribution in [2.24, 2.45) is 5.41 Å². The second-order valence-corrected chi connectivity index (χ2v) is 5.36. The second kappa shape index (κ2) is 7.53. The maximum atomic E-state index is 3.78. The largest absolute Gasteiger partial charge is 0.103 e. The molecule has 0 radical (unpaired) electrons. The maximum absolute atomic E-state index is 3.78. The predicted octanol–water partition coefficient (Wildman–Crippen LogP) is 5.82. The van der Waals surface area contributed by atoms with Gasteiger partial charge >= 0.3 is 0 Å². The highest BCUT2D eigenvalue weighted by molar-refractivity contribution is 5.19. The van der Waals surface area contributed by atoms with Crippen LogP contribution >= 0.6 is 0 Å². The monoisotopic (exact) mass is 232 g/mol. The van der Waals surface area contributed by atoms with Crippen molar-refractivity contribution in [3.8, 4) is 0 Å². The van der Waals surface area contributed by atoms with Gasteiger partial charge in [-0.2, -0.15) is 0 Å². The summed E-state index contributed by atoms with van der Waals surface area (Å²) in [7, 11) is 0. The Labute approximate surface area is 108 Å². The average molecular weight is 232 g/mol. The van der Waals surface area contributed by atoms with Crippen molar-refractivity contribution in [1.82, 2.24) is 0 Å². The first-order valence-corrected chi connectivity index (χ1v) is 7.19. The fourth-order valence-electron chi connectivity index (χ4n) is 2.83. The van der Waals surface area contributed by atoms with Crippen LogP contribution in [0.5, 0.6) is 0 Å². The van der Waals surface area contributed by atoms with Crippen molar-refractivity contribution in [3.63, 3.8) is 0 Å². The molecular weight excluding hydrogens is 204 g/mol. The first-order valence-electron chi connectivity index (χ1n) is 7.19. The molecule has 1 saturated carbocycles. The molecule has 0 amide bonds. The molecule has 0 unspecified atom stereocenters. The van der Waals surface area contributed by atoms with Crippen LogP contribution in [-0.4, -0.2) is 0 Å². The van der Waals surface area contributed by atoms with E-state index in [0.29, 0.717) is 0 Å². The summed E-state index contributed by atoms with van der Waals surface area (Å²) in [5.41, 5.74) is 2.21. The van der Waals surface area contributed by atoms with Crippen molar-refractivity contribution >= 4 is 0 Å². The molecular formula is C17H28. The Kier molecular flexibility index (Phi) is 6.32. The quantitative estimate of drug-likeness (QED) is 0.365. The van der Waals surface area contributed by atoms with Gasteiger partial charge in [0.1, 0.15) is 0 Å². The Bertz CT molecular complexity index is 271. The van der Waals surface area contributed by atoms with Crippen molar-refractivity contribution in [3.05, 3.63) is 36.5 Å². The van der Waals surface area contributed by atoms with Gasteiger partial charge in [-0.25, -0.2) is 0 Å². The van der Waals surface area contributed by atoms with Crippen LogP contribution in [-0.2, 0) is 0 Å². The Hall–Kier alpha value is -0.780. The van der Waals surface area contributed by atoms with Gasteiger partial charge in [0.05, 0.1) is 0 Å². The Morgan fingerprint density at radius 1 is 1.35 bits per heavy atom. The minimum atomic E-state index is 0.722. The zero-order chi connectivity index (χ0) is 12.6. The molecule has 0 aromatic rings. The van der Waals surface area contributed by atoms with E-state index >= 15 is 0 Å². The highest BCUT2D eigenvalue weighted by Crippen LogP contribution is 2.47. The molecule has 0 bridgehead atoms. The fraction of sp³-hybridized carbons (Fsp3) is 0.647. The number of allylic oxidation sites excluding steroid dienone is 5. The minimum absolute atomic E-state index is 0.722. The molecule has 0 atom stereocenters. The van der Waals surface area contributed by atoms with Crippen LogP contribution in [0.15, 0.2) is 36.5 Å². The summed E-state index contributed by atoms with van der Waals surface area (Å²) < 4.78 is 0. The molecule has 0 N–H and O–H groups in total. The number of rotatable bonds is 8. The van der Waals surface area contributed by atoms with Crippen LogP contribution in [0.3, 0.4) is 0 Å². The molecule has 0 heteroatoms. The van der Waals surface area contributed by atoms with Crippen molar-refractivity contribution in [1.29, 1.82) is 0 Å². The van der Waals surface area contributed by atoms with Crippen LogP contribution in [0.25, 0.3) is 0 Å². The van der Waals surface area contributed by atoms with Gasteiger partial charge < -0.3 is 0 Å². The summed E-state index contributed by atoms with van der Waals surface area (Å²) in [4.78, 5) is 0. The van der Waals surface area contributed by atoms with Gasteiger partial charge in [0, 0.05) is 0 Å². The van der Waals surface area contributed by atoms with Crippen LogP contribution < -0.4 is 0 Å². The molecule has 0 spiro atoms. The van der Waals surface area contributed by atoms with E-state index in [1.807, 2.05) is 6.08 Å². The summed E-state index contributed by atoms with van der Waals surface area (Å²) in [5, 5.41) is 0. The lowest BCUT2D eigenvalue weighted by Gasteiger charge is -2.41. The van der Waals surface area contributed by atoms with Gasteiger partial charge in [-0.3, -0.25) is 0 Å². The van der Waals surface area contributed by atoms with Gasteiger partial charge in [-0.1, -0.05) is 49.6 Å². The van der Waals surface area contributed by atoms with Crippen LogP contribution in [0, 0.1) is 5.41 Å². The van der Waals surface area contributed by atoms with Crippen LogP contribution in [0.1, 0.15) is 65.2 Å². The highest BCUT2D eigenvalue weighted by atomic mass is 14.4. The molecule has 96 valence electrons. The van der Waals surface area contributed by atoms with Gasteiger partial charge in [-0.15, -0.1) is 6.58 Å². The predicted molar refractivity (Wildman–Crippen MR) is 78.1 cm³/mol. The molecule has 0 saturated heterocycles. The smallest absolute Gasteiger partial charge is 0.0166 e. The lowest BCUT2D eigenvalue weighted by atomic mass is 9.64. The molecule has 0 aliphatic heterocycles. The number of hydrogen-bond acceptors (Lipinski definition) is 0. The lowest BCUT2D eigenvalue weighted by molar-refractivity contribution is 0.110. The Morgan fingerprint density at radius 3 is 2.59 bits per heavy atom. The van der Waals surface area contributed by atoms with E-state index < -0.39 is 0 Å². The zero-order valence-electron chi connectivity index (χ0n) is 11.7. The zero-order valence-corrected chi connectivity index (χ0v) is 11.7. The normalized spacial score (nSPS) is 19.3. The highest BCUT2D eigenvalue weighted by Gasteiger charge is 2.33. The third kappa shape index (κ3) is 4.53. The molecule has 0 nitrogen and oxygen atoms in total. The molecule has 1 aliphatic rings. The molecule has 17 heavy (non-hydrogen) atoms. The first kappa shape index (κ1) is 14.3. The average Bonchev–Trinajstić information content (AvgIpc) is 2.29. The van der Waals surface area contributed by atoms with E-state index in [-0.39, 0.29) is 0 Å². The van der Waals surface area contributed by atoms with E-state index in [0.717, 1.165) is 11.8 Å². The van der Waals surface area contributed by atoms with Crippen LogP contribution in [0.2, 0.25) is 0 Å². The summed E-state index contributed by atoms with van der Waals surface area (Å²) >= 11 is 0. The van der Waals surface area contributed by atoms with Gasteiger partial charge in [0.15, 0.2) is 0 Å². The SMILES string of the molecule is C=CC/C=C(\C=C/C)CCCC1(CC)CCC1. The second-order valence-electron chi connectivity index (χ2n) is 5.36. The van der Waals surface area contributed by atoms with Crippen molar-refractivity contribution < 1.29 is 0 Å². The molecule has 1 aliphatic carbocycles. The summed E-state index contributed by atoms with van der Waals surface area (Å²) in [6.07, 6.45) is 19.5. The topological polar surface area (TPSA) is 0 Å². The molecule has 0 aromatic heterocycles. The van der Waals surface area contributed by atoms with E-state index in [1.165, 1.54) is 50.5 Å². The third-order valence-corrected chi connectivity index (χ3v) is 4.26. The molecule has 1 rings (SSSR count). The van der Waals surface area contributed by atoms with E-state index in [9.17, 15) is 0 Å².